The molecule has 3 fully saturated rings. The van der Waals surface area contributed by atoms with Crippen LogP contribution in [-0.4, -0.2) is 65.1 Å². The Morgan fingerprint density at radius 3 is 2.81 bits per heavy atom. The standard InChI is InChI=1S/C15H23FN4O4S2/c1-2-24-15(23)20-11(21)7-5-10(16)26-13(7)19-12(22)14-18-8-6-17-4-3-9(8)25-14/h7-10,13-14,17-18H,2-6H2,1H3,(H,19,22)(H,20,21,23). The molecule has 0 saturated carbocycles. The smallest absolute Gasteiger partial charge is 0.413 e. The highest BCUT2D eigenvalue weighted by Crippen LogP contribution is 2.39. The Morgan fingerprint density at radius 2 is 2.08 bits per heavy atom. The molecular weight excluding hydrogens is 383 g/mol. The predicted molar refractivity (Wildman–Crippen MR) is 97.3 cm³/mol. The number of amides is 3. The number of alkyl halides is 1. The van der Waals surface area contributed by atoms with Gasteiger partial charge in [-0.15, -0.1) is 11.8 Å². The van der Waals surface area contributed by atoms with Crippen molar-refractivity contribution in [3.8, 4) is 0 Å². The van der Waals surface area contributed by atoms with Crippen LogP contribution in [-0.2, 0) is 14.3 Å². The lowest BCUT2D eigenvalue weighted by Crippen LogP contribution is -2.51. The molecule has 0 aliphatic carbocycles. The van der Waals surface area contributed by atoms with Gasteiger partial charge >= 0.3 is 6.09 Å². The summed E-state index contributed by atoms with van der Waals surface area (Å²) in [6.45, 7) is 3.50. The molecule has 11 heteroatoms. The number of thioether (sulfide) groups is 2. The summed E-state index contributed by atoms with van der Waals surface area (Å²) < 4.78 is 18.5. The molecule has 0 aromatic heterocycles. The van der Waals surface area contributed by atoms with Crippen molar-refractivity contribution in [1.82, 2.24) is 21.3 Å². The third kappa shape index (κ3) is 4.62. The maximum absolute atomic E-state index is 13.8. The van der Waals surface area contributed by atoms with Crippen LogP contribution in [0.4, 0.5) is 9.18 Å². The molecule has 3 rings (SSSR count). The molecule has 3 amide bonds. The molecule has 3 aliphatic heterocycles. The van der Waals surface area contributed by atoms with Crippen molar-refractivity contribution in [2.75, 3.05) is 19.7 Å². The van der Waals surface area contributed by atoms with E-state index in [9.17, 15) is 18.8 Å². The van der Waals surface area contributed by atoms with Gasteiger partial charge in [0.05, 0.1) is 17.9 Å². The zero-order valence-electron chi connectivity index (χ0n) is 14.3. The number of alkyl carbamates (subject to hydrolysis) is 1. The molecule has 3 saturated heterocycles. The van der Waals surface area contributed by atoms with Gasteiger partial charge in [0.15, 0.2) is 0 Å². The van der Waals surface area contributed by atoms with E-state index in [4.69, 9.17) is 0 Å². The van der Waals surface area contributed by atoms with Gasteiger partial charge < -0.3 is 15.4 Å². The summed E-state index contributed by atoms with van der Waals surface area (Å²) >= 11 is 2.47. The lowest BCUT2D eigenvalue weighted by Gasteiger charge is -2.24. The number of rotatable bonds is 4. The zero-order chi connectivity index (χ0) is 18.7. The Bertz CT molecular complexity index is 556. The van der Waals surface area contributed by atoms with Gasteiger partial charge in [0.1, 0.15) is 10.9 Å². The molecule has 146 valence electrons. The highest BCUT2D eigenvalue weighted by atomic mass is 32.2. The largest absolute Gasteiger partial charge is 0.450 e. The van der Waals surface area contributed by atoms with Crippen molar-refractivity contribution < 1.29 is 23.5 Å². The Morgan fingerprint density at radius 1 is 1.27 bits per heavy atom. The first-order valence-electron chi connectivity index (χ1n) is 8.67. The van der Waals surface area contributed by atoms with Gasteiger partial charge in [0.2, 0.25) is 11.8 Å². The minimum atomic E-state index is -1.27. The van der Waals surface area contributed by atoms with Crippen molar-refractivity contribution in [3.05, 3.63) is 0 Å². The molecule has 0 aromatic carbocycles. The van der Waals surface area contributed by atoms with E-state index in [0.29, 0.717) is 5.25 Å². The molecule has 0 bridgehead atoms. The highest BCUT2D eigenvalue weighted by molar-refractivity contribution is 8.01. The number of piperidine rings is 1. The van der Waals surface area contributed by atoms with Crippen LogP contribution in [0.15, 0.2) is 0 Å². The fourth-order valence-corrected chi connectivity index (χ4v) is 5.96. The second kappa shape index (κ2) is 8.77. The van der Waals surface area contributed by atoms with Crippen LogP contribution in [0.5, 0.6) is 0 Å². The van der Waals surface area contributed by atoms with E-state index in [2.05, 4.69) is 26.0 Å². The molecule has 0 aromatic rings. The summed E-state index contributed by atoms with van der Waals surface area (Å²) in [5, 5.41) is 10.7. The lowest BCUT2D eigenvalue weighted by molar-refractivity contribution is -0.125. The zero-order valence-corrected chi connectivity index (χ0v) is 16.0. The molecular formula is C15H23FN4O4S2. The molecule has 4 N–H and O–H groups in total. The average Bonchev–Trinajstić information content (AvgIpc) is 3.18. The number of hydrogen-bond donors (Lipinski definition) is 4. The molecule has 8 nitrogen and oxygen atoms in total. The molecule has 0 spiro atoms. The van der Waals surface area contributed by atoms with E-state index in [1.165, 1.54) is 0 Å². The van der Waals surface area contributed by atoms with Gasteiger partial charge in [-0.2, -0.15) is 0 Å². The number of nitrogens with one attached hydrogen (secondary N) is 4. The minimum absolute atomic E-state index is 0.0543. The molecule has 6 atom stereocenters. The minimum Gasteiger partial charge on any atom is -0.450 e. The summed E-state index contributed by atoms with van der Waals surface area (Å²) in [6.07, 6.45) is 0.0716. The Kier molecular flexibility index (Phi) is 6.65. The summed E-state index contributed by atoms with van der Waals surface area (Å²) in [5.74, 6) is -1.71. The Labute approximate surface area is 159 Å². The van der Waals surface area contributed by atoms with Gasteiger partial charge in [0.25, 0.3) is 0 Å². The summed E-state index contributed by atoms with van der Waals surface area (Å²) in [6, 6.07) is 0.234. The third-order valence-corrected chi connectivity index (χ3v) is 7.32. The van der Waals surface area contributed by atoms with Crippen molar-refractivity contribution in [2.45, 2.75) is 47.3 Å². The second-order valence-corrected chi connectivity index (χ2v) is 8.99. The van der Waals surface area contributed by atoms with Crippen LogP contribution in [0.25, 0.3) is 0 Å². The molecule has 3 heterocycles. The van der Waals surface area contributed by atoms with Gasteiger partial charge in [-0.3, -0.25) is 20.2 Å². The number of carbonyl (C=O) groups is 3. The van der Waals surface area contributed by atoms with Gasteiger partial charge in [-0.25, -0.2) is 9.18 Å². The maximum atomic E-state index is 13.8. The number of ether oxygens (including phenoxy) is 1. The first kappa shape index (κ1) is 19.7. The van der Waals surface area contributed by atoms with Crippen molar-refractivity contribution in [1.29, 1.82) is 0 Å². The molecule has 6 unspecified atom stereocenters. The first-order chi connectivity index (χ1) is 12.5. The van der Waals surface area contributed by atoms with Gasteiger partial charge in [0, 0.05) is 24.3 Å². The second-order valence-electron chi connectivity index (χ2n) is 6.35. The summed E-state index contributed by atoms with van der Waals surface area (Å²) in [4.78, 5) is 36.2. The fourth-order valence-electron chi connectivity index (χ4n) is 3.30. The first-order valence-corrected chi connectivity index (χ1v) is 10.6. The normalized spacial score (nSPS) is 36.2. The number of hydrogen-bond acceptors (Lipinski definition) is 8. The van der Waals surface area contributed by atoms with E-state index < -0.39 is 34.2 Å². The van der Waals surface area contributed by atoms with E-state index in [1.807, 2.05) is 0 Å². The van der Waals surface area contributed by atoms with Crippen LogP contribution < -0.4 is 21.3 Å². The predicted octanol–water partition coefficient (Wildman–Crippen LogP) is 0.143. The Balaban J connectivity index is 1.55. The van der Waals surface area contributed by atoms with E-state index >= 15 is 0 Å². The van der Waals surface area contributed by atoms with Crippen LogP contribution in [0.2, 0.25) is 0 Å². The summed E-state index contributed by atoms with van der Waals surface area (Å²) in [7, 11) is 0. The van der Waals surface area contributed by atoms with E-state index in [0.717, 1.165) is 31.3 Å². The van der Waals surface area contributed by atoms with Gasteiger partial charge in [-0.05, 0) is 19.9 Å². The van der Waals surface area contributed by atoms with Crippen LogP contribution in [0.3, 0.4) is 0 Å². The summed E-state index contributed by atoms with van der Waals surface area (Å²) in [5.41, 5.74) is -1.27. The molecule has 0 radical (unpaired) electrons. The SMILES string of the molecule is CCOC(=O)NC(=O)C1CC(F)SC1NC(=O)C1NC2CNCCC2S1. The highest BCUT2D eigenvalue weighted by Gasteiger charge is 2.44. The van der Waals surface area contributed by atoms with Crippen LogP contribution in [0, 0.1) is 5.92 Å². The third-order valence-electron chi connectivity index (χ3n) is 4.55. The van der Waals surface area contributed by atoms with Gasteiger partial charge in [-0.1, -0.05) is 11.8 Å². The van der Waals surface area contributed by atoms with Crippen molar-refractivity contribution >= 4 is 41.4 Å². The molecule has 26 heavy (non-hydrogen) atoms. The van der Waals surface area contributed by atoms with Crippen molar-refractivity contribution in [2.24, 2.45) is 5.92 Å². The quantitative estimate of drug-likeness (QED) is 0.522. The van der Waals surface area contributed by atoms with E-state index in [1.54, 1.807) is 18.7 Å². The maximum Gasteiger partial charge on any atom is 0.413 e. The number of fused-ring (bicyclic) bond motifs is 1. The van der Waals surface area contributed by atoms with E-state index in [-0.39, 0.29) is 25.0 Å². The van der Waals surface area contributed by atoms with Crippen LogP contribution in [0.1, 0.15) is 19.8 Å². The average molecular weight is 407 g/mol. The monoisotopic (exact) mass is 406 g/mol. The number of halogens is 1. The number of carbonyl (C=O) groups excluding carboxylic acids is 3. The Hall–Kier alpha value is -1.04. The topological polar surface area (TPSA) is 109 Å². The fraction of sp³-hybridized carbons (Fsp3) is 0.800. The number of imide groups is 1. The lowest BCUT2D eigenvalue weighted by atomic mass is 10.1. The van der Waals surface area contributed by atoms with Crippen LogP contribution >= 0.6 is 23.5 Å². The molecule has 3 aliphatic rings. The van der Waals surface area contributed by atoms with Crippen molar-refractivity contribution in [3.63, 3.8) is 0 Å².